The third-order valence-electron chi connectivity index (χ3n) is 3.53. The van der Waals surface area contributed by atoms with Crippen LogP contribution in [0.5, 0.6) is 0 Å². The van der Waals surface area contributed by atoms with E-state index in [1.165, 1.54) is 37.4 Å². The van der Waals surface area contributed by atoms with Crippen molar-refractivity contribution in [3.63, 3.8) is 0 Å². The van der Waals surface area contributed by atoms with Gasteiger partial charge < -0.3 is 10.0 Å². The van der Waals surface area contributed by atoms with E-state index in [2.05, 4.69) is 22.1 Å². The number of aromatic nitrogens is 3. The number of nitrogens with zero attached hydrogens (tertiary/aromatic N) is 4. The van der Waals surface area contributed by atoms with Crippen molar-refractivity contribution >= 4 is 23.7 Å². The predicted octanol–water partition coefficient (Wildman–Crippen LogP) is 1.85. The molecule has 0 spiro atoms. The van der Waals surface area contributed by atoms with Crippen LogP contribution in [0.15, 0.2) is 5.16 Å². The average molecular weight is 284 g/mol. The molecule has 1 aliphatic carbocycles. The summed E-state index contributed by atoms with van der Waals surface area (Å²) in [7, 11) is 2.05. The molecule has 2 rings (SSSR count). The molecule has 1 aromatic rings. The number of thioether (sulfide) groups is 1. The van der Waals surface area contributed by atoms with Gasteiger partial charge in [-0.25, -0.2) is 0 Å². The molecule has 1 fully saturated rings. The Morgan fingerprint density at radius 1 is 1.47 bits per heavy atom. The Morgan fingerprint density at radius 3 is 2.74 bits per heavy atom. The summed E-state index contributed by atoms with van der Waals surface area (Å²) in [4.78, 5) is 12.8. The van der Waals surface area contributed by atoms with Crippen LogP contribution in [0.25, 0.3) is 0 Å². The monoisotopic (exact) mass is 284 g/mol. The van der Waals surface area contributed by atoms with E-state index >= 15 is 0 Å². The summed E-state index contributed by atoms with van der Waals surface area (Å²) >= 11 is 1.22. The molecular weight excluding hydrogens is 264 g/mol. The number of carboxylic acids is 1. The van der Waals surface area contributed by atoms with Gasteiger partial charge in [0.1, 0.15) is 0 Å². The zero-order chi connectivity index (χ0) is 13.8. The number of carbonyl (C=O) groups is 1. The number of hydrogen-bond donors (Lipinski definition) is 1. The standard InChI is InChI=1S/C12H20N4O2S/c1-3-16-11(15(2)9-6-4-5-7-9)13-14-12(16)19-8-10(17)18/h9H,3-8H2,1-2H3,(H,17,18). The summed E-state index contributed by atoms with van der Waals surface area (Å²) in [6.45, 7) is 2.78. The number of anilines is 1. The Hall–Kier alpha value is -1.24. The third kappa shape index (κ3) is 3.20. The lowest BCUT2D eigenvalue weighted by atomic mass is 10.2. The Bertz CT molecular complexity index is 443. The van der Waals surface area contributed by atoms with Crippen LogP contribution in [0.2, 0.25) is 0 Å². The summed E-state index contributed by atoms with van der Waals surface area (Å²) < 4.78 is 1.99. The molecule has 0 radical (unpaired) electrons. The van der Waals surface area contributed by atoms with E-state index in [9.17, 15) is 4.79 Å². The van der Waals surface area contributed by atoms with Gasteiger partial charge >= 0.3 is 5.97 Å². The van der Waals surface area contributed by atoms with Crippen molar-refractivity contribution < 1.29 is 9.90 Å². The minimum Gasteiger partial charge on any atom is -0.481 e. The van der Waals surface area contributed by atoms with Gasteiger partial charge in [0.05, 0.1) is 5.75 Å². The maximum Gasteiger partial charge on any atom is 0.313 e. The van der Waals surface area contributed by atoms with Crippen molar-refractivity contribution in [2.45, 2.75) is 50.4 Å². The fourth-order valence-electron chi connectivity index (χ4n) is 2.51. The molecule has 0 saturated heterocycles. The molecule has 0 aliphatic heterocycles. The highest BCUT2D eigenvalue weighted by Crippen LogP contribution is 2.28. The molecule has 1 heterocycles. The molecule has 1 aliphatic rings. The first-order valence-electron chi connectivity index (χ1n) is 6.64. The number of hydrogen-bond acceptors (Lipinski definition) is 5. The largest absolute Gasteiger partial charge is 0.481 e. The van der Waals surface area contributed by atoms with Gasteiger partial charge in [0.2, 0.25) is 5.95 Å². The molecular formula is C12H20N4O2S. The molecule has 0 aromatic carbocycles. The first-order valence-corrected chi connectivity index (χ1v) is 7.62. The second-order valence-electron chi connectivity index (χ2n) is 4.76. The molecule has 7 heteroatoms. The SMILES string of the molecule is CCn1c(SCC(=O)O)nnc1N(C)C1CCCC1. The van der Waals surface area contributed by atoms with Crippen LogP contribution in [-0.4, -0.2) is 44.7 Å². The molecule has 6 nitrogen and oxygen atoms in total. The fourth-order valence-corrected chi connectivity index (χ4v) is 3.22. The van der Waals surface area contributed by atoms with Gasteiger partial charge in [-0.3, -0.25) is 9.36 Å². The van der Waals surface area contributed by atoms with Crippen molar-refractivity contribution in [2.24, 2.45) is 0 Å². The Morgan fingerprint density at radius 2 is 2.16 bits per heavy atom. The highest BCUT2D eigenvalue weighted by atomic mass is 32.2. The van der Waals surface area contributed by atoms with E-state index in [-0.39, 0.29) is 5.75 Å². The topological polar surface area (TPSA) is 71.2 Å². The summed E-state index contributed by atoms with van der Waals surface area (Å²) in [6.07, 6.45) is 4.95. The van der Waals surface area contributed by atoms with Crippen LogP contribution in [-0.2, 0) is 11.3 Å². The van der Waals surface area contributed by atoms with Crippen LogP contribution in [0.1, 0.15) is 32.6 Å². The minimum absolute atomic E-state index is 0.0191. The lowest BCUT2D eigenvalue weighted by Crippen LogP contribution is -2.31. The van der Waals surface area contributed by atoms with E-state index in [1.54, 1.807) is 0 Å². The summed E-state index contributed by atoms with van der Waals surface area (Å²) in [5.41, 5.74) is 0. The fraction of sp³-hybridized carbons (Fsp3) is 0.750. The summed E-state index contributed by atoms with van der Waals surface area (Å²) in [5.74, 6) is 0.0364. The van der Waals surface area contributed by atoms with Gasteiger partial charge in [-0.15, -0.1) is 10.2 Å². The molecule has 1 N–H and O–H groups in total. The van der Waals surface area contributed by atoms with E-state index < -0.39 is 5.97 Å². The number of rotatable bonds is 6. The predicted molar refractivity (Wildman–Crippen MR) is 74.7 cm³/mol. The van der Waals surface area contributed by atoms with Crippen LogP contribution < -0.4 is 4.90 Å². The highest BCUT2D eigenvalue weighted by molar-refractivity contribution is 7.99. The zero-order valence-corrected chi connectivity index (χ0v) is 12.2. The Labute approximate surface area is 117 Å². The van der Waals surface area contributed by atoms with Gasteiger partial charge in [0, 0.05) is 19.6 Å². The van der Waals surface area contributed by atoms with Crippen LogP contribution in [0, 0.1) is 0 Å². The van der Waals surface area contributed by atoms with Crippen molar-refractivity contribution in [1.82, 2.24) is 14.8 Å². The van der Waals surface area contributed by atoms with Crippen molar-refractivity contribution in [3.8, 4) is 0 Å². The maximum atomic E-state index is 10.6. The van der Waals surface area contributed by atoms with E-state index in [4.69, 9.17) is 5.11 Å². The minimum atomic E-state index is -0.832. The van der Waals surface area contributed by atoms with E-state index in [1.807, 2.05) is 11.5 Å². The van der Waals surface area contributed by atoms with Gasteiger partial charge in [-0.05, 0) is 19.8 Å². The first-order chi connectivity index (χ1) is 9.13. The molecule has 1 aromatic heterocycles. The van der Waals surface area contributed by atoms with Crippen LogP contribution in [0.4, 0.5) is 5.95 Å². The zero-order valence-electron chi connectivity index (χ0n) is 11.4. The smallest absolute Gasteiger partial charge is 0.313 e. The van der Waals surface area contributed by atoms with Gasteiger partial charge in [-0.2, -0.15) is 0 Å². The molecule has 0 amide bonds. The normalized spacial score (nSPS) is 15.9. The van der Waals surface area contributed by atoms with Crippen molar-refractivity contribution in [2.75, 3.05) is 17.7 Å². The van der Waals surface area contributed by atoms with Crippen LogP contribution in [0.3, 0.4) is 0 Å². The summed E-state index contributed by atoms with van der Waals surface area (Å²) in [6, 6.07) is 0.534. The van der Waals surface area contributed by atoms with Crippen LogP contribution >= 0.6 is 11.8 Å². The molecule has 106 valence electrons. The van der Waals surface area contributed by atoms with Crippen molar-refractivity contribution in [1.29, 1.82) is 0 Å². The van der Waals surface area contributed by atoms with Gasteiger partial charge in [0.25, 0.3) is 0 Å². The Kier molecular flexibility index (Phi) is 4.68. The van der Waals surface area contributed by atoms with E-state index in [0.29, 0.717) is 11.2 Å². The first kappa shape index (κ1) is 14.2. The van der Waals surface area contributed by atoms with Gasteiger partial charge in [-0.1, -0.05) is 24.6 Å². The Balaban J connectivity index is 2.13. The molecule has 1 saturated carbocycles. The van der Waals surface area contributed by atoms with Gasteiger partial charge in [0.15, 0.2) is 5.16 Å². The number of aliphatic carboxylic acids is 1. The molecule has 19 heavy (non-hydrogen) atoms. The molecule has 0 atom stereocenters. The third-order valence-corrected chi connectivity index (χ3v) is 4.48. The average Bonchev–Trinajstić information content (AvgIpc) is 3.04. The van der Waals surface area contributed by atoms with Crippen molar-refractivity contribution in [3.05, 3.63) is 0 Å². The quantitative estimate of drug-likeness (QED) is 0.804. The second kappa shape index (κ2) is 6.27. The lowest BCUT2D eigenvalue weighted by molar-refractivity contribution is -0.133. The highest BCUT2D eigenvalue weighted by Gasteiger charge is 2.24. The lowest BCUT2D eigenvalue weighted by Gasteiger charge is -2.25. The maximum absolute atomic E-state index is 10.6. The van der Waals surface area contributed by atoms with E-state index in [0.717, 1.165) is 12.5 Å². The molecule has 0 unspecified atom stereocenters. The summed E-state index contributed by atoms with van der Waals surface area (Å²) in [5, 5.41) is 17.8. The molecule has 0 bridgehead atoms. The second-order valence-corrected chi connectivity index (χ2v) is 5.70. The number of carboxylic acid groups (broad SMARTS) is 1.